The smallest absolute Gasteiger partial charge is 0.264 e. The zero-order valence-electron chi connectivity index (χ0n) is 14.0. The highest BCUT2D eigenvalue weighted by atomic mass is 32.2. The molecule has 3 N–H and O–H groups in total. The van der Waals surface area contributed by atoms with E-state index in [0.29, 0.717) is 0 Å². The first-order valence-electron chi connectivity index (χ1n) is 8.40. The van der Waals surface area contributed by atoms with Crippen LogP contribution >= 0.6 is 0 Å². The van der Waals surface area contributed by atoms with Gasteiger partial charge in [-0.1, -0.05) is 24.6 Å². The Morgan fingerprint density at radius 1 is 1.16 bits per heavy atom. The van der Waals surface area contributed by atoms with Crippen LogP contribution in [0.4, 0.5) is 5.95 Å². The maximum absolute atomic E-state index is 12.3. The van der Waals surface area contributed by atoms with Crippen molar-refractivity contribution < 1.29 is 8.42 Å². The summed E-state index contributed by atoms with van der Waals surface area (Å²) < 4.78 is 26.9. The van der Waals surface area contributed by atoms with Gasteiger partial charge in [0, 0.05) is 37.1 Å². The monoisotopic (exact) mass is 361 g/mol. The van der Waals surface area contributed by atoms with Crippen molar-refractivity contribution in [2.75, 3.05) is 17.8 Å². The highest BCUT2D eigenvalue weighted by molar-refractivity contribution is 7.92. The van der Waals surface area contributed by atoms with Crippen molar-refractivity contribution in [3.8, 4) is 0 Å². The molecule has 0 spiro atoms. The first kappa shape index (κ1) is 17.8. The van der Waals surface area contributed by atoms with E-state index in [1.807, 2.05) is 0 Å². The van der Waals surface area contributed by atoms with Gasteiger partial charge in [0.1, 0.15) is 0 Å². The fraction of sp³-hybridized carbons (Fsp3) is 0.412. The van der Waals surface area contributed by atoms with E-state index in [0.717, 1.165) is 44.5 Å². The molecule has 2 aromatic rings. The van der Waals surface area contributed by atoms with Gasteiger partial charge >= 0.3 is 0 Å². The molecule has 1 saturated heterocycles. The summed E-state index contributed by atoms with van der Waals surface area (Å²) in [5.74, 6) is 0.0696. The van der Waals surface area contributed by atoms with Gasteiger partial charge < -0.3 is 5.73 Å². The molecule has 0 unspecified atom stereocenters. The highest BCUT2D eigenvalue weighted by Crippen LogP contribution is 2.14. The van der Waals surface area contributed by atoms with Crippen molar-refractivity contribution in [1.82, 2.24) is 14.9 Å². The third-order valence-corrected chi connectivity index (χ3v) is 5.53. The van der Waals surface area contributed by atoms with E-state index in [4.69, 9.17) is 5.73 Å². The SMILES string of the molecule is N[C@@H]1CCCCN(Cc2cnc(NS(=O)(=O)c3ccccc3)nc2)C1. The number of rotatable bonds is 5. The first-order valence-corrected chi connectivity index (χ1v) is 9.88. The fourth-order valence-electron chi connectivity index (χ4n) is 2.93. The number of nitrogens with zero attached hydrogens (tertiary/aromatic N) is 3. The maximum Gasteiger partial charge on any atom is 0.264 e. The first-order chi connectivity index (χ1) is 12.0. The van der Waals surface area contributed by atoms with Crippen LogP contribution in [0.5, 0.6) is 0 Å². The Kier molecular flexibility index (Phi) is 5.62. The van der Waals surface area contributed by atoms with E-state index in [9.17, 15) is 8.42 Å². The lowest BCUT2D eigenvalue weighted by Crippen LogP contribution is -2.35. The van der Waals surface area contributed by atoms with Gasteiger partial charge in [-0.15, -0.1) is 0 Å². The van der Waals surface area contributed by atoms with Gasteiger partial charge in [0.25, 0.3) is 10.0 Å². The molecule has 1 fully saturated rings. The summed E-state index contributed by atoms with van der Waals surface area (Å²) in [5.41, 5.74) is 7.02. The molecule has 1 aromatic heterocycles. The summed E-state index contributed by atoms with van der Waals surface area (Å²) in [6.07, 6.45) is 6.68. The van der Waals surface area contributed by atoms with Crippen molar-refractivity contribution >= 4 is 16.0 Å². The second-order valence-electron chi connectivity index (χ2n) is 6.32. The molecule has 8 heteroatoms. The summed E-state index contributed by atoms with van der Waals surface area (Å²) in [5, 5.41) is 0. The molecular weight excluding hydrogens is 338 g/mol. The average molecular weight is 361 g/mol. The predicted molar refractivity (Wildman–Crippen MR) is 96.4 cm³/mol. The second-order valence-corrected chi connectivity index (χ2v) is 8.01. The van der Waals surface area contributed by atoms with E-state index in [1.165, 1.54) is 12.1 Å². The zero-order chi connectivity index (χ0) is 17.7. The summed E-state index contributed by atoms with van der Waals surface area (Å²) in [4.78, 5) is 10.8. The minimum Gasteiger partial charge on any atom is -0.327 e. The number of likely N-dealkylation sites (tertiary alicyclic amines) is 1. The van der Waals surface area contributed by atoms with Crippen LogP contribution in [0, 0.1) is 0 Å². The Morgan fingerprint density at radius 2 is 1.88 bits per heavy atom. The number of benzene rings is 1. The van der Waals surface area contributed by atoms with E-state index >= 15 is 0 Å². The highest BCUT2D eigenvalue weighted by Gasteiger charge is 2.17. The van der Waals surface area contributed by atoms with Crippen LogP contribution in [0.25, 0.3) is 0 Å². The van der Waals surface area contributed by atoms with Gasteiger partial charge in [0.2, 0.25) is 5.95 Å². The summed E-state index contributed by atoms with van der Waals surface area (Å²) in [6.45, 7) is 2.60. The molecule has 0 radical (unpaired) electrons. The summed E-state index contributed by atoms with van der Waals surface area (Å²) >= 11 is 0. The number of aromatic nitrogens is 2. The van der Waals surface area contributed by atoms with Crippen LogP contribution in [0.1, 0.15) is 24.8 Å². The molecule has 25 heavy (non-hydrogen) atoms. The Balaban J connectivity index is 1.64. The van der Waals surface area contributed by atoms with E-state index in [2.05, 4.69) is 19.6 Å². The van der Waals surface area contributed by atoms with Crippen molar-refractivity contribution in [2.24, 2.45) is 5.73 Å². The van der Waals surface area contributed by atoms with Crippen LogP contribution in [0.3, 0.4) is 0 Å². The molecular formula is C17H23N5O2S. The van der Waals surface area contributed by atoms with Crippen LogP contribution in [-0.4, -0.2) is 42.4 Å². The quantitative estimate of drug-likeness (QED) is 0.839. The lowest BCUT2D eigenvalue weighted by molar-refractivity contribution is 0.264. The molecule has 0 amide bonds. The summed E-state index contributed by atoms with van der Waals surface area (Å²) in [7, 11) is -3.67. The van der Waals surface area contributed by atoms with Crippen molar-refractivity contribution in [3.05, 3.63) is 48.3 Å². The zero-order valence-corrected chi connectivity index (χ0v) is 14.8. The molecule has 0 bridgehead atoms. The van der Waals surface area contributed by atoms with Gasteiger partial charge in [0.15, 0.2) is 0 Å². The third-order valence-electron chi connectivity index (χ3n) is 4.18. The molecule has 0 saturated carbocycles. The van der Waals surface area contributed by atoms with E-state index < -0.39 is 10.0 Å². The number of anilines is 1. The van der Waals surface area contributed by atoms with Gasteiger partial charge in [0.05, 0.1) is 4.90 Å². The number of hydrogen-bond acceptors (Lipinski definition) is 6. The molecule has 2 heterocycles. The van der Waals surface area contributed by atoms with Gasteiger partial charge in [-0.05, 0) is 31.5 Å². The maximum atomic E-state index is 12.3. The summed E-state index contributed by atoms with van der Waals surface area (Å²) in [6, 6.07) is 8.37. The largest absolute Gasteiger partial charge is 0.327 e. The lowest BCUT2D eigenvalue weighted by Gasteiger charge is -2.22. The molecule has 1 aliphatic heterocycles. The van der Waals surface area contributed by atoms with Gasteiger partial charge in [-0.2, -0.15) is 0 Å². The standard InChI is InChI=1S/C17H23N5O2S/c18-15-6-4-5-9-22(13-15)12-14-10-19-17(20-11-14)21-25(23,24)16-7-2-1-3-8-16/h1-3,7-8,10-11,15H,4-6,9,12-13,18H2,(H,19,20,21)/t15-/m1/s1. The fourth-order valence-corrected chi connectivity index (χ4v) is 3.90. The molecule has 1 aromatic carbocycles. The van der Waals surface area contributed by atoms with Crippen LogP contribution in [-0.2, 0) is 16.6 Å². The number of nitrogens with two attached hydrogens (primary N) is 1. The Labute approximate surface area is 148 Å². The Hall–Kier alpha value is -2.03. The van der Waals surface area contributed by atoms with Crippen LogP contribution < -0.4 is 10.5 Å². The normalized spacial score (nSPS) is 19.3. The van der Waals surface area contributed by atoms with Crippen molar-refractivity contribution in [3.63, 3.8) is 0 Å². The third kappa shape index (κ3) is 4.97. The van der Waals surface area contributed by atoms with E-state index in [1.54, 1.807) is 30.6 Å². The molecule has 134 valence electrons. The van der Waals surface area contributed by atoms with Crippen LogP contribution in [0.2, 0.25) is 0 Å². The molecule has 1 atom stereocenters. The van der Waals surface area contributed by atoms with Crippen LogP contribution in [0.15, 0.2) is 47.6 Å². The van der Waals surface area contributed by atoms with Gasteiger partial charge in [-0.3, -0.25) is 4.90 Å². The Bertz CT molecular complexity index is 780. The Morgan fingerprint density at radius 3 is 2.60 bits per heavy atom. The topological polar surface area (TPSA) is 101 Å². The second kappa shape index (κ2) is 7.90. The van der Waals surface area contributed by atoms with Crippen molar-refractivity contribution in [1.29, 1.82) is 0 Å². The lowest BCUT2D eigenvalue weighted by atomic mass is 10.2. The number of hydrogen-bond donors (Lipinski definition) is 2. The molecule has 1 aliphatic rings. The predicted octanol–water partition coefficient (Wildman–Crippen LogP) is 1.59. The molecule has 7 nitrogen and oxygen atoms in total. The minimum atomic E-state index is -3.67. The molecule has 0 aliphatic carbocycles. The van der Waals surface area contributed by atoms with Gasteiger partial charge in [-0.25, -0.2) is 23.1 Å². The number of nitrogens with one attached hydrogen (secondary N) is 1. The van der Waals surface area contributed by atoms with E-state index in [-0.39, 0.29) is 16.9 Å². The molecule has 3 rings (SSSR count). The number of sulfonamides is 1. The van der Waals surface area contributed by atoms with Crippen molar-refractivity contribution in [2.45, 2.75) is 36.7 Å². The minimum absolute atomic E-state index is 0.0696. The average Bonchev–Trinajstić information content (AvgIpc) is 2.81.